The fraction of sp³-hybridized carbons (Fsp3) is 0.263. The van der Waals surface area contributed by atoms with Crippen LogP contribution in [0.25, 0.3) is 11.1 Å². The molecule has 0 radical (unpaired) electrons. The molecule has 1 aromatic heterocycles. The molecule has 1 aliphatic rings. The number of aryl methyl sites for hydroxylation is 1. The second-order valence-electron chi connectivity index (χ2n) is 6.65. The average molecular weight is 422 g/mol. The van der Waals surface area contributed by atoms with E-state index in [0.29, 0.717) is 16.3 Å². The lowest BCUT2D eigenvalue weighted by molar-refractivity contribution is -0.129. The van der Waals surface area contributed by atoms with Gasteiger partial charge >= 0.3 is 5.97 Å². The van der Waals surface area contributed by atoms with Crippen molar-refractivity contribution in [3.05, 3.63) is 50.8 Å². The number of aromatic nitrogens is 1. The summed E-state index contributed by atoms with van der Waals surface area (Å²) < 4.78 is 0. The Morgan fingerprint density at radius 2 is 1.93 bits per heavy atom. The van der Waals surface area contributed by atoms with Gasteiger partial charge in [0.05, 0.1) is 29.1 Å². The first-order chi connectivity index (χ1) is 13.1. The quantitative estimate of drug-likeness (QED) is 0.818. The summed E-state index contributed by atoms with van der Waals surface area (Å²) in [5.41, 5.74) is 1.30. The molecule has 9 heteroatoms. The zero-order valence-electron chi connectivity index (χ0n) is 15.4. The molecule has 1 aliphatic heterocycles. The van der Waals surface area contributed by atoms with Gasteiger partial charge < -0.3 is 14.9 Å². The maximum atomic E-state index is 13.1. The van der Waals surface area contributed by atoms with E-state index < -0.39 is 11.9 Å². The smallest absolute Gasteiger partial charge is 0.338 e. The molecule has 7 nitrogen and oxygen atoms in total. The molecule has 1 N–H and O–H groups in total. The van der Waals surface area contributed by atoms with Gasteiger partial charge in [0.2, 0.25) is 5.91 Å². The van der Waals surface area contributed by atoms with Crippen LogP contribution < -0.4 is 0 Å². The predicted octanol–water partition coefficient (Wildman–Crippen LogP) is 3.11. The fourth-order valence-corrected chi connectivity index (χ4v) is 3.68. The van der Waals surface area contributed by atoms with E-state index >= 15 is 0 Å². The third kappa shape index (κ3) is 3.43. The van der Waals surface area contributed by atoms with Gasteiger partial charge in [-0.25, -0.2) is 4.79 Å². The van der Waals surface area contributed by atoms with E-state index in [1.807, 2.05) is 0 Å². The number of carbonyl (C=O) groups is 3. The summed E-state index contributed by atoms with van der Waals surface area (Å²) in [4.78, 5) is 44.1. The maximum Gasteiger partial charge on any atom is 0.338 e. The molecule has 0 bridgehead atoms. The monoisotopic (exact) mass is 421 g/mol. The summed E-state index contributed by atoms with van der Waals surface area (Å²) in [6, 6.07) is 4.63. The number of fused-ring (bicyclic) bond motifs is 1. The molecular formula is C19H17Cl2N3O4. The number of carboxylic acids is 1. The lowest BCUT2D eigenvalue weighted by atomic mass is 9.93. The molecular weight excluding hydrogens is 405 g/mol. The number of amides is 2. The third-order valence-corrected chi connectivity index (χ3v) is 5.08. The highest BCUT2D eigenvalue weighted by molar-refractivity contribution is 6.37. The van der Waals surface area contributed by atoms with Crippen molar-refractivity contribution >= 4 is 41.0 Å². The lowest BCUT2D eigenvalue weighted by Crippen LogP contribution is -2.36. The Morgan fingerprint density at radius 1 is 1.25 bits per heavy atom. The molecule has 2 amide bonds. The number of pyridine rings is 1. The van der Waals surface area contributed by atoms with Crippen molar-refractivity contribution in [2.45, 2.75) is 13.5 Å². The van der Waals surface area contributed by atoms with E-state index in [-0.39, 0.29) is 46.4 Å². The first-order valence-corrected chi connectivity index (χ1v) is 9.09. The van der Waals surface area contributed by atoms with E-state index in [0.717, 1.165) is 0 Å². The summed E-state index contributed by atoms with van der Waals surface area (Å²) in [7, 11) is 3.19. The first-order valence-electron chi connectivity index (χ1n) is 8.33. The molecule has 0 unspecified atom stereocenters. The molecule has 0 atom stereocenters. The van der Waals surface area contributed by atoms with E-state index in [4.69, 9.17) is 23.2 Å². The standard InChI is InChI=1S/C19H17Cl2N3O4/c1-9-15(19(27)28)16(11-5-4-10(20)6-12(11)21)17-13(22-9)7-24(18(17)26)8-14(25)23(2)3/h4-6H,7-8H2,1-3H3,(H,27,28). The van der Waals surface area contributed by atoms with Crippen molar-refractivity contribution in [1.82, 2.24) is 14.8 Å². The van der Waals surface area contributed by atoms with Crippen molar-refractivity contribution < 1.29 is 19.5 Å². The van der Waals surface area contributed by atoms with Crippen molar-refractivity contribution in [3.8, 4) is 11.1 Å². The molecule has 0 saturated carbocycles. The second kappa shape index (κ2) is 7.41. The number of benzene rings is 1. The van der Waals surface area contributed by atoms with Gasteiger partial charge in [-0.3, -0.25) is 14.6 Å². The number of aromatic carboxylic acids is 1. The number of hydrogen-bond donors (Lipinski definition) is 1. The van der Waals surface area contributed by atoms with E-state index in [2.05, 4.69) is 4.98 Å². The largest absolute Gasteiger partial charge is 0.478 e. The summed E-state index contributed by atoms with van der Waals surface area (Å²) in [6.45, 7) is 1.55. The highest BCUT2D eigenvalue weighted by Gasteiger charge is 2.37. The van der Waals surface area contributed by atoms with Crippen LogP contribution in [0.1, 0.15) is 32.1 Å². The van der Waals surface area contributed by atoms with Crippen LogP contribution in [0.5, 0.6) is 0 Å². The van der Waals surface area contributed by atoms with Gasteiger partial charge in [0.15, 0.2) is 0 Å². The minimum absolute atomic E-state index is 0.0999. The van der Waals surface area contributed by atoms with Crippen LogP contribution in [0, 0.1) is 6.92 Å². The molecule has 3 rings (SSSR count). The van der Waals surface area contributed by atoms with Gasteiger partial charge in [-0.15, -0.1) is 0 Å². The van der Waals surface area contributed by atoms with Gasteiger partial charge in [0.25, 0.3) is 5.91 Å². The minimum atomic E-state index is -1.22. The molecule has 146 valence electrons. The van der Waals surface area contributed by atoms with Crippen LogP contribution in [0.4, 0.5) is 0 Å². The van der Waals surface area contributed by atoms with Crippen molar-refractivity contribution in [3.63, 3.8) is 0 Å². The number of carbonyl (C=O) groups excluding carboxylic acids is 2. The van der Waals surface area contributed by atoms with Gasteiger partial charge in [0, 0.05) is 35.3 Å². The number of hydrogen-bond acceptors (Lipinski definition) is 4. The Hall–Kier alpha value is -2.64. The number of nitrogens with zero attached hydrogens (tertiary/aromatic N) is 3. The highest BCUT2D eigenvalue weighted by atomic mass is 35.5. The second-order valence-corrected chi connectivity index (χ2v) is 7.49. The van der Waals surface area contributed by atoms with Gasteiger partial charge in [-0.2, -0.15) is 0 Å². The Labute approximate surface area is 171 Å². The Balaban J connectivity index is 2.22. The number of likely N-dealkylation sites (N-methyl/N-ethyl adjacent to an activating group) is 1. The summed E-state index contributed by atoms with van der Waals surface area (Å²) >= 11 is 12.3. The summed E-state index contributed by atoms with van der Waals surface area (Å²) in [5.74, 6) is -1.92. The maximum absolute atomic E-state index is 13.1. The normalized spacial score (nSPS) is 12.9. The third-order valence-electron chi connectivity index (χ3n) is 4.53. The van der Waals surface area contributed by atoms with Crippen molar-refractivity contribution in [2.24, 2.45) is 0 Å². The molecule has 0 spiro atoms. The van der Waals surface area contributed by atoms with Crippen molar-refractivity contribution in [2.75, 3.05) is 20.6 Å². The molecule has 28 heavy (non-hydrogen) atoms. The molecule has 1 aromatic carbocycles. The van der Waals surface area contributed by atoms with E-state index in [1.165, 1.54) is 15.9 Å². The highest BCUT2D eigenvalue weighted by Crippen LogP contribution is 2.39. The van der Waals surface area contributed by atoms with Crippen LogP contribution in [0.3, 0.4) is 0 Å². The summed E-state index contributed by atoms with van der Waals surface area (Å²) in [6.07, 6.45) is 0. The molecule has 0 fully saturated rings. The molecule has 0 aliphatic carbocycles. The Bertz CT molecular complexity index is 1020. The van der Waals surface area contributed by atoms with E-state index in [1.54, 1.807) is 33.2 Å². The number of rotatable bonds is 4. The summed E-state index contributed by atoms with van der Waals surface area (Å²) in [5, 5.41) is 10.4. The van der Waals surface area contributed by atoms with Crippen LogP contribution in [-0.2, 0) is 11.3 Å². The SMILES string of the molecule is Cc1nc2c(c(-c3ccc(Cl)cc3Cl)c1C(=O)O)C(=O)N(CC(=O)N(C)C)C2. The molecule has 2 heterocycles. The first kappa shape index (κ1) is 20.1. The topological polar surface area (TPSA) is 90.8 Å². The Morgan fingerprint density at radius 3 is 2.50 bits per heavy atom. The predicted molar refractivity (Wildman–Crippen MR) is 105 cm³/mol. The van der Waals surface area contributed by atoms with Crippen LogP contribution in [0.2, 0.25) is 10.0 Å². The van der Waals surface area contributed by atoms with Crippen molar-refractivity contribution in [1.29, 1.82) is 0 Å². The lowest BCUT2D eigenvalue weighted by Gasteiger charge is -2.18. The van der Waals surface area contributed by atoms with Crippen LogP contribution >= 0.6 is 23.2 Å². The molecule has 0 saturated heterocycles. The van der Waals surface area contributed by atoms with E-state index in [9.17, 15) is 19.5 Å². The zero-order chi connectivity index (χ0) is 20.7. The minimum Gasteiger partial charge on any atom is -0.478 e. The Kier molecular flexibility index (Phi) is 5.32. The number of carboxylic acid groups (broad SMARTS) is 1. The van der Waals surface area contributed by atoms with Crippen LogP contribution in [-0.4, -0.2) is 58.3 Å². The molecule has 2 aromatic rings. The van der Waals surface area contributed by atoms with Gasteiger partial charge in [-0.05, 0) is 19.1 Å². The fourth-order valence-electron chi connectivity index (χ4n) is 3.18. The zero-order valence-corrected chi connectivity index (χ0v) is 16.9. The average Bonchev–Trinajstić information content (AvgIpc) is 2.89. The number of halogens is 2. The van der Waals surface area contributed by atoms with Crippen LogP contribution in [0.15, 0.2) is 18.2 Å². The van der Waals surface area contributed by atoms with Gasteiger partial charge in [0.1, 0.15) is 6.54 Å². The van der Waals surface area contributed by atoms with Gasteiger partial charge in [-0.1, -0.05) is 29.3 Å².